The third kappa shape index (κ3) is 23.5. The molecular weight excluding hydrogens is 228 g/mol. The third-order valence-corrected chi connectivity index (χ3v) is 3.85. The normalized spacial score (nSPS) is 11.8. The first-order valence-corrected chi connectivity index (χ1v) is 9.22. The summed E-state index contributed by atoms with van der Waals surface area (Å²) in [5, 5.41) is 0. The Morgan fingerprint density at radius 1 is 0.474 bits per heavy atom. The smallest absolute Gasteiger partial charge is 0.0443 e. The van der Waals surface area contributed by atoms with Crippen molar-refractivity contribution in [3.05, 3.63) is 0 Å². The molecule has 0 aromatic heterocycles. The van der Waals surface area contributed by atoms with Gasteiger partial charge < -0.3 is 0 Å². The lowest BCUT2D eigenvalue weighted by Gasteiger charge is -2.10. The third-order valence-electron chi connectivity index (χ3n) is 3.85. The van der Waals surface area contributed by atoms with E-state index in [1.807, 2.05) is 0 Å². The summed E-state index contributed by atoms with van der Waals surface area (Å²) in [7, 11) is 0. The predicted molar refractivity (Wildman–Crippen MR) is 91.9 cm³/mol. The van der Waals surface area contributed by atoms with Gasteiger partial charge in [-0.25, -0.2) is 0 Å². The van der Waals surface area contributed by atoms with Crippen LogP contribution in [0.1, 0.15) is 118 Å². The Morgan fingerprint density at radius 3 is 1.32 bits per heavy atom. The fourth-order valence-electron chi connectivity index (χ4n) is 2.16. The molecule has 0 nitrogen and oxygen atoms in total. The molecule has 19 heavy (non-hydrogen) atoms. The van der Waals surface area contributed by atoms with E-state index in [-0.39, 0.29) is 0 Å². The van der Waals surface area contributed by atoms with Crippen LogP contribution in [0.2, 0.25) is 0 Å². The van der Waals surface area contributed by atoms with Gasteiger partial charge in [0.25, 0.3) is 0 Å². The first-order chi connectivity index (χ1) is 9.22. The lowest BCUT2D eigenvalue weighted by atomic mass is 9.96. The van der Waals surface area contributed by atoms with E-state index >= 15 is 0 Å². The van der Waals surface area contributed by atoms with Crippen LogP contribution in [0.15, 0.2) is 0 Å². The van der Waals surface area contributed by atoms with Crippen LogP contribution < -0.4 is 0 Å². The summed E-state index contributed by atoms with van der Waals surface area (Å²) in [6, 6.07) is 0. The second kappa shape index (κ2) is 20.3. The van der Waals surface area contributed by atoms with Gasteiger partial charge in [0.1, 0.15) is 0 Å². The Labute approximate surface area is 124 Å². The molecule has 0 N–H and O–H groups in total. The predicted octanol–water partition coefficient (Wildman–Crippen LogP) is 7.76. The maximum atomic E-state index is 2.43. The van der Waals surface area contributed by atoms with E-state index in [0.717, 1.165) is 5.92 Å². The van der Waals surface area contributed by atoms with Crippen molar-refractivity contribution in [2.45, 2.75) is 118 Å². The summed E-state index contributed by atoms with van der Waals surface area (Å²) in [6.45, 7) is 11.4. The Hall–Kier alpha value is 0. The van der Waals surface area contributed by atoms with Crippen LogP contribution in [0, 0.1) is 5.92 Å². The van der Waals surface area contributed by atoms with Crippen molar-refractivity contribution in [3.8, 4) is 0 Å². The summed E-state index contributed by atoms with van der Waals surface area (Å²) in [5.74, 6) is 0.975. The van der Waals surface area contributed by atoms with E-state index in [4.69, 9.17) is 0 Å². The van der Waals surface area contributed by atoms with Crippen LogP contribution in [0.25, 0.3) is 0 Å². The Kier molecular flexibility index (Phi) is 22.8. The molecule has 0 aromatic carbocycles. The van der Waals surface area contributed by atoms with Gasteiger partial charge in [-0.3, -0.25) is 0 Å². The minimum absolute atomic E-state index is 0.975. The van der Waals surface area contributed by atoms with Gasteiger partial charge in [0.15, 0.2) is 0 Å². The van der Waals surface area contributed by atoms with Crippen LogP contribution in [0.5, 0.6) is 0 Å². The fraction of sp³-hybridized carbons (Fsp3) is 1.00. The quantitative estimate of drug-likeness (QED) is 0.318. The molecule has 0 aliphatic rings. The summed E-state index contributed by atoms with van der Waals surface area (Å²) in [5.41, 5.74) is 0. The van der Waals surface area contributed by atoms with Crippen molar-refractivity contribution < 1.29 is 0 Å². The zero-order valence-corrected chi connectivity index (χ0v) is 14.8. The van der Waals surface area contributed by atoms with Gasteiger partial charge in [0, 0.05) is 0 Å². The van der Waals surface area contributed by atoms with Crippen LogP contribution in [-0.4, -0.2) is 0 Å². The Bertz CT molecular complexity index is 126. The molecule has 118 valence electrons. The van der Waals surface area contributed by atoms with Crippen LogP contribution in [-0.2, 0) is 0 Å². The molecule has 0 heterocycles. The number of hydrogen-bond acceptors (Lipinski definition) is 0. The van der Waals surface area contributed by atoms with Gasteiger partial charge >= 0.3 is 0 Å². The van der Waals surface area contributed by atoms with E-state index in [1.54, 1.807) is 0 Å². The molecule has 0 fully saturated rings. The minimum atomic E-state index is 0.975. The molecule has 0 radical (unpaired) electrons. The highest BCUT2D eigenvalue weighted by Gasteiger charge is 2.01. The molecule has 0 rings (SSSR count). The van der Waals surface area contributed by atoms with Crippen molar-refractivity contribution in [2.24, 2.45) is 5.92 Å². The first kappa shape index (κ1) is 21.3. The largest absolute Gasteiger partial charge is 0.0654 e. The first-order valence-electron chi connectivity index (χ1n) is 9.22. The van der Waals surface area contributed by atoms with E-state index in [0.29, 0.717) is 0 Å². The summed E-state index contributed by atoms with van der Waals surface area (Å²) in [6.07, 6.45) is 18.5. The van der Waals surface area contributed by atoms with Crippen molar-refractivity contribution in [3.63, 3.8) is 0 Å². The molecule has 0 aromatic rings. The summed E-state index contributed by atoms with van der Waals surface area (Å²) < 4.78 is 0. The monoisotopic (exact) mass is 270 g/mol. The second-order valence-corrected chi connectivity index (χ2v) is 6.16. The molecule has 0 saturated carbocycles. The number of rotatable bonds is 12. The highest BCUT2D eigenvalue weighted by atomic mass is 14.1. The van der Waals surface area contributed by atoms with Gasteiger partial charge in [-0.2, -0.15) is 0 Å². The SMILES string of the molecule is CCCC.CCCCCCCCC(C)CCCCC. The minimum Gasteiger partial charge on any atom is -0.0654 e. The van der Waals surface area contributed by atoms with Gasteiger partial charge in [-0.05, 0) is 5.92 Å². The van der Waals surface area contributed by atoms with Crippen molar-refractivity contribution in [1.82, 2.24) is 0 Å². The van der Waals surface area contributed by atoms with Crippen molar-refractivity contribution >= 4 is 0 Å². The lowest BCUT2D eigenvalue weighted by molar-refractivity contribution is 0.437. The van der Waals surface area contributed by atoms with Gasteiger partial charge in [-0.1, -0.05) is 118 Å². The molecular formula is C19H42. The van der Waals surface area contributed by atoms with Crippen LogP contribution in [0.4, 0.5) is 0 Å². The zero-order valence-electron chi connectivity index (χ0n) is 14.8. The van der Waals surface area contributed by atoms with Gasteiger partial charge in [-0.15, -0.1) is 0 Å². The topological polar surface area (TPSA) is 0 Å². The molecule has 0 heteroatoms. The van der Waals surface area contributed by atoms with Crippen molar-refractivity contribution in [1.29, 1.82) is 0 Å². The average Bonchev–Trinajstić information content (AvgIpc) is 2.43. The van der Waals surface area contributed by atoms with E-state index in [2.05, 4.69) is 34.6 Å². The molecule has 1 atom stereocenters. The summed E-state index contributed by atoms with van der Waals surface area (Å²) in [4.78, 5) is 0. The number of unbranched alkanes of at least 4 members (excludes halogenated alkanes) is 8. The van der Waals surface area contributed by atoms with E-state index in [1.165, 1.54) is 83.5 Å². The maximum absolute atomic E-state index is 2.43. The molecule has 0 spiro atoms. The molecule has 0 aliphatic carbocycles. The molecule has 0 aliphatic heterocycles. The summed E-state index contributed by atoms with van der Waals surface area (Å²) >= 11 is 0. The van der Waals surface area contributed by atoms with Crippen molar-refractivity contribution in [2.75, 3.05) is 0 Å². The van der Waals surface area contributed by atoms with Crippen LogP contribution >= 0.6 is 0 Å². The Balaban J connectivity index is 0. The zero-order chi connectivity index (χ0) is 14.8. The van der Waals surface area contributed by atoms with Gasteiger partial charge in [0.05, 0.1) is 0 Å². The maximum Gasteiger partial charge on any atom is -0.0443 e. The molecule has 1 unspecified atom stereocenters. The molecule has 0 amide bonds. The highest BCUT2D eigenvalue weighted by Crippen LogP contribution is 2.17. The van der Waals surface area contributed by atoms with Crippen LogP contribution in [0.3, 0.4) is 0 Å². The highest BCUT2D eigenvalue weighted by molar-refractivity contribution is 4.54. The van der Waals surface area contributed by atoms with E-state index in [9.17, 15) is 0 Å². The number of hydrogen-bond donors (Lipinski definition) is 0. The average molecular weight is 271 g/mol. The lowest BCUT2D eigenvalue weighted by Crippen LogP contribution is -1.94. The molecule has 0 bridgehead atoms. The fourth-order valence-corrected chi connectivity index (χ4v) is 2.16. The molecule has 0 saturated heterocycles. The standard InChI is InChI=1S/C15H32.C4H10/c1-4-6-8-9-10-12-14-15(3)13-11-7-5-2;1-3-4-2/h15H,4-14H2,1-3H3;3-4H2,1-2H3. The Morgan fingerprint density at radius 2 is 0.842 bits per heavy atom. The van der Waals surface area contributed by atoms with Gasteiger partial charge in [0.2, 0.25) is 0 Å². The van der Waals surface area contributed by atoms with E-state index < -0.39 is 0 Å². The second-order valence-electron chi connectivity index (χ2n) is 6.16.